The predicted molar refractivity (Wildman–Crippen MR) is 66.1 cm³/mol. The second-order valence-corrected chi connectivity index (χ2v) is 3.68. The summed E-state index contributed by atoms with van der Waals surface area (Å²) in [5.41, 5.74) is 1.73. The molecule has 0 saturated carbocycles. The van der Waals surface area contributed by atoms with E-state index in [1.165, 1.54) is 18.6 Å². The summed E-state index contributed by atoms with van der Waals surface area (Å²) in [6, 6.07) is 5.57. The smallest absolute Gasteiger partial charge is 0.275 e. The van der Waals surface area contributed by atoms with Crippen molar-refractivity contribution in [3.8, 4) is 0 Å². The Morgan fingerprint density at radius 3 is 3.00 bits per heavy atom. The van der Waals surface area contributed by atoms with Crippen LogP contribution in [0.25, 0.3) is 10.9 Å². The first-order valence-corrected chi connectivity index (χ1v) is 5.34. The lowest BCUT2D eigenvalue weighted by molar-refractivity contribution is 0.102. The lowest BCUT2D eigenvalue weighted by Crippen LogP contribution is -2.14. The summed E-state index contributed by atoms with van der Waals surface area (Å²) in [7, 11) is 0. The van der Waals surface area contributed by atoms with Gasteiger partial charge in [-0.1, -0.05) is 12.1 Å². The van der Waals surface area contributed by atoms with E-state index in [1.54, 1.807) is 12.3 Å². The van der Waals surface area contributed by atoms with Crippen LogP contribution in [0.15, 0.2) is 43.0 Å². The average Bonchev–Trinajstić information content (AvgIpc) is 2.89. The van der Waals surface area contributed by atoms with Crippen LogP contribution in [-0.2, 0) is 0 Å². The summed E-state index contributed by atoms with van der Waals surface area (Å²) in [4.78, 5) is 19.7. The molecule has 0 atom stereocenters. The molecule has 2 aromatic heterocycles. The highest BCUT2D eigenvalue weighted by atomic mass is 16.1. The topological polar surface area (TPSA) is 83.6 Å². The number of amides is 1. The number of H-pyrrole nitrogens is 1. The number of fused-ring (bicyclic) bond motifs is 1. The zero-order valence-corrected chi connectivity index (χ0v) is 9.29. The molecule has 0 fully saturated rings. The molecule has 0 aliphatic heterocycles. The van der Waals surface area contributed by atoms with E-state index >= 15 is 0 Å². The van der Waals surface area contributed by atoms with Crippen molar-refractivity contribution < 1.29 is 4.79 Å². The number of rotatable bonds is 2. The van der Waals surface area contributed by atoms with Gasteiger partial charge in [-0.25, -0.2) is 4.98 Å². The number of hydrogen-bond acceptors (Lipinski definition) is 4. The Bertz CT molecular complexity index is 692. The minimum absolute atomic E-state index is 0.272. The molecular weight excluding hydrogens is 230 g/mol. The number of nitrogens with zero attached hydrogens (tertiary/aromatic N) is 3. The van der Waals surface area contributed by atoms with E-state index in [2.05, 4.69) is 25.5 Å². The Morgan fingerprint density at radius 1 is 1.22 bits per heavy atom. The molecule has 0 unspecified atom stereocenters. The minimum Gasteiger partial charge on any atom is -0.319 e. The number of carbonyl (C=O) groups is 1. The van der Waals surface area contributed by atoms with E-state index < -0.39 is 0 Å². The number of carbonyl (C=O) groups excluding carboxylic acids is 1. The van der Waals surface area contributed by atoms with Gasteiger partial charge in [-0.15, -0.1) is 0 Å². The molecule has 1 aromatic carbocycles. The Labute approximate surface area is 102 Å². The van der Waals surface area contributed by atoms with Gasteiger partial charge >= 0.3 is 0 Å². The van der Waals surface area contributed by atoms with E-state index in [4.69, 9.17) is 0 Å². The van der Waals surface area contributed by atoms with Crippen molar-refractivity contribution in [2.24, 2.45) is 0 Å². The molecule has 1 amide bonds. The van der Waals surface area contributed by atoms with Crippen LogP contribution in [0.5, 0.6) is 0 Å². The zero-order valence-electron chi connectivity index (χ0n) is 9.29. The summed E-state index contributed by atoms with van der Waals surface area (Å²) in [5.74, 6) is -0.301. The highest BCUT2D eigenvalue weighted by Gasteiger charge is 2.10. The maximum atomic E-state index is 11.9. The van der Waals surface area contributed by atoms with E-state index in [-0.39, 0.29) is 11.6 Å². The maximum absolute atomic E-state index is 11.9. The molecule has 0 bridgehead atoms. The Hall–Kier alpha value is -2.76. The molecule has 6 nitrogen and oxygen atoms in total. The van der Waals surface area contributed by atoms with Gasteiger partial charge in [0.05, 0.1) is 23.6 Å². The average molecular weight is 239 g/mol. The van der Waals surface area contributed by atoms with Crippen LogP contribution in [0.1, 0.15) is 10.5 Å². The molecule has 0 aliphatic carbocycles. The van der Waals surface area contributed by atoms with Gasteiger partial charge in [0, 0.05) is 17.8 Å². The number of anilines is 1. The summed E-state index contributed by atoms with van der Waals surface area (Å²) in [6.07, 6.45) is 6.12. The van der Waals surface area contributed by atoms with Crippen LogP contribution in [0.3, 0.4) is 0 Å². The zero-order chi connectivity index (χ0) is 12.4. The van der Waals surface area contributed by atoms with Gasteiger partial charge in [0.15, 0.2) is 0 Å². The second kappa shape index (κ2) is 4.25. The van der Waals surface area contributed by atoms with Gasteiger partial charge < -0.3 is 5.32 Å². The molecule has 2 heterocycles. The van der Waals surface area contributed by atoms with Crippen molar-refractivity contribution in [2.45, 2.75) is 0 Å². The van der Waals surface area contributed by atoms with E-state index in [0.717, 1.165) is 10.9 Å². The molecule has 18 heavy (non-hydrogen) atoms. The monoisotopic (exact) mass is 239 g/mol. The quantitative estimate of drug-likeness (QED) is 0.711. The molecule has 3 rings (SSSR count). The maximum Gasteiger partial charge on any atom is 0.275 e. The molecule has 2 N–H and O–H groups in total. The van der Waals surface area contributed by atoms with Crippen molar-refractivity contribution in [3.05, 3.63) is 48.7 Å². The highest BCUT2D eigenvalue weighted by Crippen LogP contribution is 2.20. The first-order valence-electron chi connectivity index (χ1n) is 5.34. The van der Waals surface area contributed by atoms with Crippen LogP contribution < -0.4 is 5.32 Å². The van der Waals surface area contributed by atoms with Gasteiger partial charge in [-0.3, -0.25) is 14.9 Å². The third-order valence-electron chi connectivity index (χ3n) is 2.52. The highest BCUT2D eigenvalue weighted by molar-refractivity contribution is 6.07. The van der Waals surface area contributed by atoms with Crippen molar-refractivity contribution in [3.63, 3.8) is 0 Å². The van der Waals surface area contributed by atoms with Crippen molar-refractivity contribution in [1.82, 2.24) is 20.2 Å². The molecule has 6 heteroatoms. The van der Waals surface area contributed by atoms with Crippen LogP contribution in [0, 0.1) is 0 Å². The molecule has 3 aromatic rings. The third kappa shape index (κ3) is 1.80. The third-order valence-corrected chi connectivity index (χ3v) is 2.52. The Morgan fingerprint density at radius 2 is 2.17 bits per heavy atom. The first kappa shape index (κ1) is 10.4. The predicted octanol–water partition coefficient (Wildman–Crippen LogP) is 1.61. The lowest BCUT2D eigenvalue weighted by atomic mass is 10.2. The van der Waals surface area contributed by atoms with Crippen LogP contribution >= 0.6 is 0 Å². The van der Waals surface area contributed by atoms with Gasteiger partial charge in [0.1, 0.15) is 5.69 Å². The fourth-order valence-electron chi connectivity index (χ4n) is 1.68. The minimum atomic E-state index is -0.301. The van der Waals surface area contributed by atoms with Gasteiger partial charge in [-0.2, -0.15) is 5.10 Å². The molecule has 0 saturated heterocycles. The number of aromatic amines is 1. The van der Waals surface area contributed by atoms with Crippen molar-refractivity contribution in [2.75, 3.05) is 5.32 Å². The second-order valence-electron chi connectivity index (χ2n) is 3.68. The number of benzene rings is 1. The van der Waals surface area contributed by atoms with E-state index in [9.17, 15) is 4.79 Å². The Balaban J connectivity index is 1.93. The largest absolute Gasteiger partial charge is 0.319 e. The number of para-hydroxylation sites is 1. The van der Waals surface area contributed by atoms with Crippen LogP contribution in [0.2, 0.25) is 0 Å². The van der Waals surface area contributed by atoms with E-state index in [1.807, 2.05) is 12.1 Å². The standard InChI is InChI=1S/C12H9N5O/c18-12(10-7-13-4-5-14-10)16-9-3-1-2-8-6-15-17-11(8)9/h1-7H,(H,15,17)(H,16,18). The molecule has 0 spiro atoms. The normalized spacial score (nSPS) is 10.4. The van der Waals surface area contributed by atoms with Gasteiger partial charge in [-0.05, 0) is 6.07 Å². The van der Waals surface area contributed by atoms with Gasteiger partial charge in [0.2, 0.25) is 0 Å². The summed E-state index contributed by atoms with van der Waals surface area (Å²) in [5, 5.41) is 10.5. The van der Waals surface area contributed by atoms with Gasteiger partial charge in [0.25, 0.3) is 5.91 Å². The van der Waals surface area contributed by atoms with Crippen molar-refractivity contribution in [1.29, 1.82) is 0 Å². The van der Waals surface area contributed by atoms with Crippen molar-refractivity contribution >= 4 is 22.5 Å². The number of aromatic nitrogens is 4. The molecule has 0 aliphatic rings. The summed E-state index contributed by atoms with van der Waals surface area (Å²) < 4.78 is 0. The molecular formula is C12H9N5O. The fraction of sp³-hybridized carbons (Fsp3) is 0. The fourth-order valence-corrected chi connectivity index (χ4v) is 1.68. The summed E-state index contributed by atoms with van der Waals surface area (Å²) in [6.45, 7) is 0. The summed E-state index contributed by atoms with van der Waals surface area (Å²) >= 11 is 0. The number of hydrogen-bond donors (Lipinski definition) is 2. The molecule has 0 radical (unpaired) electrons. The van der Waals surface area contributed by atoms with Crippen LogP contribution in [0.4, 0.5) is 5.69 Å². The van der Waals surface area contributed by atoms with Crippen LogP contribution in [-0.4, -0.2) is 26.1 Å². The molecule has 88 valence electrons. The Kier molecular flexibility index (Phi) is 2.45. The first-order chi connectivity index (χ1) is 8.84. The lowest BCUT2D eigenvalue weighted by Gasteiger charge is -2.04. The SMILES string of the molecule is O=C(Nc1cccc2cn[nH]c12)c1cnccn1. The van der Waals surface area contributed by atoms with E-state index in [0.29, 0.717) is 5.69 Å². The number of nitrogens with one attached hydrogen (secondary N) is 2.